The van der Waals surface area contributed by atoms with Crippen LogP contribution in [0.2, 0.25) is 0 Å². The number of hydrogen-bond acceptors (Lipinski definition) is 1. The van der Waals surface area contributed by atoms with Crippen molar-refractivity contribution in [3.8, 4) is 11.8 Å². The van der Waals surface area contributed by atoms with Crippen LogP contribution in [0.4, 0.5) is 0 Å². The van der Waals surface area contributed by atoms with Gasteiger partial charge in [0.15, 0.2) is 0 Å². The molecule has 0 heterocycles. The number of carbonyl (C=O) groups excluding carboxylic acids is 1. The Morgan fingerprint density at radius 2 is 2.27 bits per heavy atom. The standard InChI is InChI=1S/C12H12BrNO/c1-3-4-7-14-12(15)10-6-5-9(2)11(13)8-10/h5-6,8H,7H2,1-2H3,(H,14,15). The van der Waals surface area contributed by atoms with Crippen LogP contribution in [0.3, 0.4) is 0 Å². The van der Waals surface area contributed by atoms with Gasteiger partial charge in [-0.15, -0.1) is 5.92 Å². The summed E-state index contributed by atoms with van der Waals surface area (Å²) in [6.07, 6.45) is 0. The highest BCUT2D eigenvalue weighted by Crippen LogP contribution is 2.17. The molecule has 0 bridgehead atoms. The van der Waals surface area contributed by atoms with E-state index in [0.29, 0.717) is 12.1 Å². The molecule has 2 nitrogen and oxygen atoms in total. The molecule has 1 aromatic carbocycles. The number of rotatable bonds is 2. The molecule has 0 spiro atoms. The molecule has 78 valence electrons. The summed E-state index contributed by atoms with van der Waals surface area (Å²) in [4.78, 5) is 11.6. The van der Waals surface area contributed by atoms with E-state index in [1.54, 1.807) is 13.0 Å². The summed E-state index contributed by atoms with van der Waals surface area (Å²) in [7, 11) is 0. The van der Waals surface area contributed by atoms with Gasteiger partial charge in [0.05, 0.1) is 6.54 Å². The Kier molecular flexibility index (Phi) is 4.38. The van der Waals surface area contributed by atoms with Crippen molar-refractivity contribution in [3.63, 3.8) is 0 Å². The Balaban J connectivity index is 2.72. The third-order valence-corrected chi connectivity index (χ3v) is 2.80. The number of hydrogen-bond donors (Lipinski definition) is 1. The molecule has 1 aromatic rings. The van der Waals surface area contributed by atoms with Gasteiger partial charge in [0.2, 0.25) is 0 Å². The molecule has 0 aliphatic rings. The van der Waals surface area contributed by atoms with Gasteiger partial charge < -0.3 is 5.32 Å². The summed E-state index contributed by atoms with van der Waals surface area (Å²) in [6.45, 7) is 4.11. The molecule has 15 heavy (non-hydrogen) atoms. The van der Waals surface area contributed by atoms with E-state index in [9.17, 15) is 4.79 Å². The zero-order valence-corrected chi connectivity index (χ0v) is 10.3. The molecule has 0 saturated carbocycles. The monoisotopic (exact) mass is 265 g/mol. The Morgan fingerprint density at radius 3 is 2.87 bits per heavy atom. The van der Waals surface area contributed by atoms with Crippen molar-refractivity contribution in [2.75, 3.05) is 6.54 Å². The summed E-state index contributed by atoms with van der Waals surface area (Å²) in [5, 5.41) is 2.71. The molecule has 1 rings (SSSR count). The van der Waals surface area contributed by atoms with Gasteiger partial charge in [-0.25, -0.2) is 0 Å². The SMILES string of the molecule is CC#CCNC(=O)c1ccc(C)c(Br)c1. The van der Waals surface area contributed by atoms with Gasteiger partial charge in [-0.05, 0) is 31.5 Å². The second-order valence-electron chi connectivity index (χ2n) is 3.07. The molecule has 0 unspecified atom stereocenters. The molecular formula is C12H12BrNO. The number of benzene rings is 1. The highest BCUT2D eigenvalue weighted by molar-refractivity contribution is 9.10. The Morgan fingerprint density at radius 1 is 1.53 bits per heavy atom. The van der Waals surface area contributed by atoms with E-state index in [-0.39, 0.29) is 5.91 Å². The van der Waals surface area contributed by atoms with Crippen LogP contribution in [0.5, 0.6) is 0 Å². The molecule has 0 radical (unpaired) electrons. The molecule has 1 amide bonds. The summed E-state index contributed by atoms with van der Waals surface area (Å²) < 4.78 is 0.941. The van der Waals surface area contributed by atoms with Gasteiger partial charge in [0.25, 0.3) is 5.91 Å². The van der Waals surface area contributed by atoms with Gasteiger partial charge in [0, 0.05) is 10.0 Å². The molecule has 0 saturated heterocycles. The zero-order chi connectivity index (χ0) is 11.3. The summed E-state index contributed by atoms with van der Waals surface area (Å²) in [5.74, 6) is 5.40. The zero-order valence-electron chi connectivity index (χ0n) is 8.73. The fraction of sp³-hybridized carbons (Fsp3) is 0.250. The second-order valence-corrected chi connectivity index (χ2v) is 3.93. The molecule has 0 aliphatic carbocycles. The van der Waals surface area contributed by atoms with Gasteiger partial charge in [-0.2, -0.15) is 0 Å². The fourth-order valence-corrected chi connectivity index (χ4v) is 1.43. The predicted octanol–water partition coefficient (Wildman–Crippen LogP) is 2.51. The lowest BCUT2D eigenvalue weighted by Gasteiger charge is -2.03. The highest BCUT2D eigenvalue weighted by Gasteiger charge is 2.05. The van der Waals surface area contributed by atoms with Crippen LogP contribution in [-0.2, 0) is 0 Å². The third kappa shape index (κ3) is 3.41. The topological polar surface area (TPSA) is 29.1 Å². The number of halogens is 1. The van der Waals surface area contributed by atoms with Crippen molar-refractivity contribution in [2.45, 2.75) is 13.8 Å². The third-order valence-electron chi connectivity index (χ3n) is 1.95. The smallest absolute Gasteiger partial charge is 0.252 e. The first kappa shape index (κ1) is 11.8. The van der Waals surface area contributed by atoms with Gasteiger partial charge >= 0.3 is 0 Å². The van der Waals surface area contributed by atoms with Crippen molar-refractivity contribution >= 4 is 21.8 Å². The molecule has 0 atom stereocenters. The first-order valence-electron chi connectivity index (χ1n) is 4.59. The Bertz CT molecular complexity index is 429. The maximum absolute atomic E-state index is 11.6. The van der Waals surface area contributed by atoms with Crippen LogP contribution in [0.15, 0.2) is 22.7 Å². The Labute approximate surface area is 98.2 Å². The van der Waals surface area contributed by atoms with Crippen LogP contribution in [0, 0.1) is 18.8 Å². The summed E-state index contributed by atoms with van der Waals surface area (Å²) in [6, 6.07) is 5.52. The van der Waals surface area contributed by atoms with Crippen LogP contribution in [-0.4, -0.2) is 12.5 Å². The minimum Gasteiger partial charge on any atom is -0.341 e. The summed E-state index contributed by atoms with van der Waals surface area (Å²) in [5.41, 5.74) is 1.75. The molecule has 0 aliphatic heterocycles. The number of nitrogens with one attached hydrogen (secondary N) is 1. The fourth-order valence-electron chi connectivity index (χ4n) is 1.05. The van der Waals surface area contributed by atoms with Crippen LogP contribution >= 0.6 is 15.9 Å². The van der Waals surface area contributed by atoms with E-state index >= 15 is 0 Å². The van der Waals surface area contributed by atoms with E-state index in [1.807, 2.05) is 19.1 Å². The maximum Gasteiger partial charge on any atom is 0.252 e. The highest BCUT2D eigenvalue weighted by atomic mass is 79.9. The lowest BCUT2D eigenvalue weighted by Crippen LogP contribution is -2.23. The summed E-state index contributed by atoms with van der Waals surface area (Å²) >= 11 is 3.39. The van der Waals surface area contributed by atoms with Gasteiger partial charge in [0.1, 0.15) is 0 Å². The van der Waals surface area contributed by atoms with Crippen molar-refractivity contribution in [2.24, 2.45) is 0 Å². The van der Waals surface area contributed by atoms with Crippen molar-refractivity contribution in [3.05, 3.63) is 33.8 Å². The molecule has 0 aromatic heterocycles. The van der Waals surface area contributed by atoms with E-state index in [1.165, 1.54) is 0 Å². The Hall–Kier alpha value is -1.27. The van der Waals surface area contributed by atoms with Gasteiger partial charge in [-0.1, -0.05) is 27.9 Å². The average Bonchev–Trinajstić information content (AvgIpc) is 2.22. The number of aryl methyl sites for hydroxylation is 1. The lowest BCUT2D eigenvalue weighted by molar-refractivity contribution is 0.0958. The van der Waals surface area contributed by atoms with E-state index < -0.39 is 0 Å². The first-order valence-corrected chi connectivity index (χ1v) is 5.38. The van der Waals surface area contributed by atoms with E-state index in [4.69, 9.17) is 0 Å². The molecule has 3 heteroatoms. The molecular weight excluding hydrogens is 254 g/mol. The first-order chi connectivity index (χ1) is 7.15. The maximum atomic E-state index is 11.6. The molecule has 0 fully saturated rings. The van der Waals surface area contributed by atoms with E-state index in [0.717, 1.165) is 10.0 Å². The van der Waals surface area contributed by atoms with Crippen molar-refractivity contribution < 1.29 is 4.79 Å². The largest absolute Gasteiger partial charge is 0.341 e. The second kappa shape index (κ2) is 5.57. The van der Waals surface area contributed by atoms with Gasteiger partial charge in [-0.3, -0.25) is 4.79 Å². The normalized spacial score (nSPS) is 9.00. The predicted molar refractivity (Wildman–Crippen MR) is 64.7 cm³/mol. The minimum absolute atomic E-state index is 0.0987. The quantitative estimate of drug-likeness (QED) is 0.819. The lowest BCUT2D eigenvalue weighted by atomic mass is 10.1. The minimum atomic E-state index is -0.0987. The molecule has 1 N–H and O–H groups in total. The van der Waals surface area contributed by atoms with Crippen LogP contribution in [0.1, 0.15) is 22.8 Å². The van der Waals surface area contributed by atoms with Crippen molar-refractivity contribution in [1.82, 2.24) is 5.32 Å². The van der Waals surface area contributed by atoms with E-state index in [2.05, 4.69) is 33.1 Å². The van der Waals surface area contributed by atoms with Crippen LogP contribution < -0.4 is 5.32 Å². The van der Waals surface area contributed by atoms with Crippen LogP contribution in [0.25, 0.3) is 0 Å². The number of amides is 1. The van der Waals surface area contributed by atoms with Crippen molar-refractivity contribution in [1.29, 1.82) is 0 Å². The number of carbonyl (C=O) groups is 1. The average molecular weight is 266 g/mol.